The van der Waals surface area contributed by atoms with E-state index in [1.807, 2.05) is 0 Å². The Morgan fingerprint density at radius 1 is 1.20 bits per heavy atom. The van der Waals surface area contributed by atoms with E-state index < -0.39 is 5.79 Å². The van der Waals surface area contributed by atoms with Gasteiger partial charge < -0.3 is 14.2 Å². The summed E-state index contributed by atoms with van der Waals surface area (Å²) in [4.78, 5) is 0. The van der Waals surface area contributed by atoms with E-state index in [0.717, 1.165) is 0 Å². The summed E-state index contributed by atoms with van der Waals surface area (Å²) in [6, 6.07) is 0. The van der Waals surface area contributed by atoms with E-state index in [9.17, 15) is 0 Å². The minimum atomic E-state index is -0.630. The van der Waals surface area contributed by atoms with Crippen molar-refractivity contribution < 1.29 is 14.2 Å². The standard InChI is InChI=1S/C6H13BrO3/c1-8-5-6(4-7,9-2)10-3/h4-5H2,1-3H3. The maximum Gasteiger partial charge on any atom is 0.201 e. The Morgan fingerprint density at radius 3 is 1.80 bits per heavy atom. The molecule has 0 radical (unpaired) electrons. The number of methoxy groups -OCH3 is 3. The van der Waals surface area contributed by atoms with Gasteiger partial charge in [0, 0.05) is 21.3 Å². The molecule has 0 amide bonds. The maximum absolute atomic E-state index is 5.08. The van der Waals surface area contributed by atoms with Crippen LogP contribution in [0.2, 0.25) is 0 Å². The number of halogens is 1. The van der Waals surface area contributed by atoms with Gasteiger partial charge in [0.2, 0.25) is 5.79 Å². The predicted octanol–water partition coefficient (Wildman–Crippen LogP) is 1.02. The minimum Gasteiger partial charge on any atom is -0.379 e. The molecule has 0 spiro atoms. The van der Waals surface area contributed by atoms with Gasteiger partial charge in [0.25, 0.3) is 0 Å². The Morgan fingerprint density at radius 2 is 1.70 bits per heavy atom. The van der Waals surface area contributed by atoms with Gasteiger partial charge in [0.1, 0.15) is 6.61 Å². The lowest BCUT2D eigenvalue weighted by Crippen LogP contribution is -2.40. The summed E-state index contributed by atoms with van der Waals surface area (Å²) in [5.41, 5.74) is 0. The van der Waals surface area contributed by atoms with Crippen LogP contribution in [0.4, 0.5) is 0 Å². The molecule has 0 N–H and O–H groups in total. The summed E-state index contributed by atoms with van der Waals surface area (Å²) >= 11 is 3.26. The third-order valence-electron chi connectivity index (χ3n) is 1.31. The first-order chi connectivity index (χ1) is 4.74. The highest BCUT2D eigenvalue weighted by molar-refractivity contribution is 9.09. The van der Waals surface area contributed by atoms with Gasteiger partial charge in [0.05, 0.1) is 5.33 Å². The van der Waals surface area contributed by atoms with Gasteiger partial charge in [-0.2, -0.15) is 0 Å². The molecule has 0 aliphatic rings. The number of hydrogen-bond donors (Lipinski definition) is 0. The molecule has 10 heavy (non-hydrogen) atoms. The van der Waals surface area contributed by atoms with Crippen LogP contribution in [0, 0.1) is 0 Å². The molecule has 0 aromatic heterocycles. The van der Waals surface area contributed by atoms with Crippen LogP contribution in [0.3, 0.4) is 0 Å². The Balaban J connectivity index is 3.87. The molecule has 0 saturated carbocycles. The van der Waals surface area contributed by atoms with Crippen LogP contribution in [0.5, 0.6) is 0 Å². The lowest BCUT2D eigenvalue weighted by Gasteiger charge is -2.27. The Hall–Kier alpha value is 0.360. The summed E-state index contributed by atoms with van der Waals surface area (Å²) in [5.74, 6) is -0.630. The van der Waals surface area contributed by atoms with Crippen LogP contribution in [-0.4, -0.2) is 39.1 Å². The monoisotopic (exact) mass is 212 g/mol. The largest absolute Gasteiger partial charge is 0.379 e. The molecule has 0 aromatic rings. The van der Waals surface area contributed by atoms with Crippen molar-refractivity contribution in [2.45, 2.75) is 5.79 Å². The van der Waals surface area contributed by atoms with E-state index in [2.05, 4.69) is 15.9 Å². The van der Waals surface area contributed by atoms with Crippen molar-refractivity contribution in [1.82, 2.24) is 0 Å². The molecule has 4 heteroatoms. The number of ether oxygens (including phenoxy) is 3. The average molecular weight is 213 g/mol. The zero-order chi connectivity index (χ0) is 8.04. The molecule has 0 bridgehead atoms. The SMILES string of the molecule is COCC(CBr)(OC)OC. The summed E-state index contributed by atoms with van der Waals surface area (Å²) in [6.45, 7) is 0.422. The Kier molecular flexibility index (Phi) is 5.25. The molecular formula is C6H13BrO3. The van der Waals surface area contributed by atoms with Crippen molar-refractivity contribution in [2.75, 3.05) is 33.3 Å². The highest BCUT2D eigenvalue weighted by Crippen LogP contribution is 2.14. The van der Waals surface area contributed by atoms with Gasteiger partial charge >= 0.3 is 0 Å². The molecule has 0 unspecified atom stereocenters. The number of rotatable bonds is 5. The van der Waals surface area contributed by atoms with Crippen molar-refractivity contribution >= 4 is 15.9 Å². The Labute approximate surface area is 69.8 Å². The first kappa shape index (κ1) is 10.4. The van der Waals surface area contributed by atoms with Crippen LogP contribution in [0.25, 0.3) is 0 Å². The highest BCUT2D eigenvalue weighted by atomic mass is 79.9. The number of hydrogen-bond acceptors (Lipinski definition) is 3. The van der Waals surface area contributed by atoms with Gasteiger partial charge in [-0.25, -0.2) is 0 Å². The molecule has 0 fully saturated rings. The molecule has 3 nitrogen and oxygen atoms in total. The van der Waals surface area contributed by atoms with E-state index in [0.29, 0.717) is 11.9 Å². The second kappa shape index (κ2) is 5.07. The zero-order valence-electron chi connectivity index (χ0n) is 6.52. The van der Waals surface area contributed by atoms with Crippen molar-refractivity contribution in [3.8, 4) is 0 Å². The summed E-state index contributed by atoms with van der Waals surface area (Å²) in [7, 11) is 4.78. The first-order valence-corrected chi connectivity index (χ1v) is 4.02. The van der Waals surface area contributed by atoms with Crippen molar-refractivity contribution in [3.05, 3.63) is 0 Å². The molecule has 0 rings (SSSR count). The fourth-order valence-corrected chi connectivity index (χ4v) is 1.19. The van der Waals surface area contributed by atoms with Crippen molar-refractivity contribution in [1.29, 1.82) is 0 Å². The van der Waals surface area contributed by atoms with E-state index >= 15 is 0 Å². The topological polar surface area (TPSA) is 27.7 Å². The fraction of sp³-hybridized carbons (Fsp3) is 1.00. The quantitative estimate of drug-likeness (QED) is 0.504. The third kappa shape index (κ3) is 2.54. The minimum absolute atomic E-state index is 0.422. The average Bonchev–Trinajstić information content (AvgIpc) is 2.01. The predicted molar refractivity (Wildman–Crippen MR) is 42.4 cm³/mol. The summed E-state index contributed by atoms with van der Waals surface area (Å²) < 4.78 is 15.1. The summed E-state index contributed by atoms with van der Waals surface area (Å²) in [6.07, 6.45) is 0. The van der Waals surface area contributed by atoms with E-state index in [1.54, 1.807) is 21.3 Å². The molecular weight excluding hydrogens is 200 g/mol. The highest BCUT2D eigenvalue weighted by Gasteiger charge is 2.27. The van der Waals surface area contributed by atoms with Gasteiger partial charge in [-0.05, 0) is 0 Å². The normalized spacial score (nSPS) is 12.0. The van der Waals surface area contributed by atoms with Gasteiger partial charge in [-0.3, -0.25) is 0 Å². The lowest BCUT2D eigenvalue weighted by molar-refractivity contribution is -0.214. The molecule has 0 aliphatic heterocycles. The molecule has 0 saturated heterocycles. The van der Waals surface area contributed by atoms with Crippen molar-refractivity contribution in [2.24, 2.45) is 0 Å². The van der Waals surface area contributed by atoms with Crippen LogP contribution < -0.4 is 0 Å². The van der Waals surface area contributed by atoms with Crippen LogP contribution >= 0.6 is 15.9 Å². The third-order valence-corrected chi connectivity index (χ3v) is 2.17. The van der Waals surface area contributed by atoms with Crippen LogP contribution in [0.15, 0.2) is 0 Å². The molecule has 62 valence electrons. The zero-order valence-corrected chi connectivity index (χ0v) is 8.10. The maximum atomic E-state index is 5.08. The molecule has 0 heterocycles. The second-order valence-corrected chi connectivity index (χ2v) is 2.45. The van der Waals surface area contributed by atoms with Crippen molar-refractivity contribution in [3.63, 3.8) is 0 Å². The smallest absolute Gasteiger partial charge is 0.201 e. The fourth-order valence-electron chi connectivity index (χ4n) is 0.569. The molecule has 0 atom stereocenters. The molecule has 0 aliphatic carbocycles. The van der Waals surface area contributed by atoms with Gasteiger partial charge in [-0.1, -0.05) is 15.9 Å². The Bertz CT molecular complexity index is 74.8. The van der Waals surface area contributed by atoms with Gasteiger partial charge in [-0.15, -0.1) is 0 Å². The van der Waals surface area contributed by atoms with Crippen LogP contribution in [-0.2, 0) is 14.2 Å². The second-order valence-electron chi connectivity index (χ2n) is 1.89. The van der Waals surface area contributed by atoms with E-state index in [-0.39, 0.29) is 0 Å². The molecule has 0 aromatic carbocycles. The first-order valence-electron chi connectivity index (χ1n) is 2.90. The lowest BCUT2D eigenvalue weighted by atomic mass is 10.3. The van der Waals surface area contributed by atoms with E-state index in [4.69, 9.17) is 14.2 Å². The summed E-state index contributed by atoms with van der Waals surface area (Å²) in [5, 5.41) is 0.598. The van der Waals surface area contributed by atoms with Gasteiger partial charge in [0.15, 0.2) is 0 Å². The van der Waals surface area contributed by atoms with E-state index in [1.165, 1.54) is 0 Å². The number of alkyl halides is 1. The van der Waals surface area contributed by atoms with Crippen LogP contribution in [0.1, 0.15) is 0 Å².